The number of benzene rings is 1. The molecule has 5 nitrogen and oxygen atoms in total. The lowest BCUT2D eigenvalue weighted by Gasteiger charge is -2.42. The van der Waals surface area contributed by atoms with E-state index in [1.165, 1.54) is 23.2 Å². The number of hydrogen-bond donors (Lipinski definition) is 2. The summed E-state index contributed by atoms with van der Waals surface area (Å²) in [6.07, 6.45) is 2.97. The predicted octanol–water partition coefficient (Wildman–Crippen LogP) is 4.72. The summed E-state index contributed by atoms with van der Waals surface area (Å²) in [4.78, 5) is 17.9. The lowest BCUT2D eigenvalue weighted by molar-refractivity contribution is -0.0280. The van der Waals surface area contributed by atoms with Crippen LogP contribution in [0, 0.1) is 5.82 Å². The minimum atomic E-state index is -3.72. The van der Waals surface area contributed by atoms with E-state index in [9.17, 15) is 14.3 Å². The van der Waals surface area contributed by atoms with E-state index in [-0.39, 0.29) is 22.8 Å². The SMILES string of the molecule is C=C(N1[C@@H]2CC[C@H]1CC(O)C2)C(F)(F)c1cc(C(=O)Nc2ccnc(Cl)c2)ccc1F. The first kappa shape index (κ1) is 21.6. The molecule has 0 spiro atoms. The number of fused-ring (bicyclic) bond motifs is 2. The van der Waals surface area contributed by atoms with Crippen LogP contribution in [0.3, 0.4) is 0 Å². The van der Waals surface area contributed by atoms with Gasteiger partial charge in [-0.2, -0.15) is 8.78 Å². The summed E-state index contributed by atoms with van der Waals surface area (Å²) in [7, 11) is 0. The van der Waals surface area contributed by atoms with Gasteiger partial charge in [-0.3, -0.25) is 4.79 Å². The standard InChI is InChI=1S/C22H21ClF3N3O2/c1-12(29-15-3-4-16(29)11-17(30)10-15)22(25,26)18-8-13(2-5-19(18)24)21(31)28-14-6-7-27-20(23)9-14/h2,5-9,15-17,30H,1,3-4,10-11H2,(H,27,28,31)/t15-,16+,17?. The van der Waals surface area contributed by atoms with Crippen molar-refractivity contribution in [1.29, 1.82) is 0 Å². The number of piperidine rings is 1. The van der Waals surface area contributed by atoms with E-state index in [1.54, 1.807) is 0 Å². The van der Waals surface area contributed by atoms with E-state index >= 15 is 8.78 Å². The van der Waals surface area contributed by atoms with Crippen molar-refractivity contribution >= 4 is 23.2 Å². The molecule has 2 N–H and O–H groups in total. The smallest absolute Gasteiger partial charge is 0.314 e. The molecule has 2 aliphatic rings. The molecular weight excluding hydrogens is 431 g/mol. The van der Waals surface area contributed by atoms with Crippen LogP contribution in [-0.2, 0) is 5.92 Å². The van der Waals surface area contributed by atoms with E-state index < -0.39 is 35.0 Å². The Morgan fingerprint density at radius 3 is 2.55 bits per heavy atom. The highest BCUT2D eigenvalue weighted by molar-refractivity contribution is 6.29. The molecule has 2 aromatic rings. The Kier molecular flexibility index (Phi) is 5.70. The number of carbonyl (C=O) groups is 1. The van der Waals surface area contributed by atoms with Crippen LogP contribution in [0.15, 0.2) is 48.8 Å². The van der Waals surface area contributed by atoms with Gasteiger partial charge in [0, 0.05) is 29.5 Å². The van der Waals surface area contributed by atoms with Gasteiger partial charge in [0.15, 0.2) is 0 Å². The van der Waals surface area contributed by atoms with Crippen LogP contribution in [0.5, 0.6) is 0 Å². The van der Waals surface area contributed by atoms with Gasteiger partial charge in [0.1, 0.15) is 11.0 Å². The largest absolute Gasteiger partial charge is 0.393 e. The van der Waals surface area contributed by atoms with Gasteiger partial charge in [-0.15, -0.1) is 0 Å². The Labute approximate surface area is 182 Å². The summed E-state index contributed by atoms with van der Waals surface area (Å²) in [6.45, 7) is 3.59. The van der Waals surface area contributed by atoms with Gasteiger partial charge in [-0.25, -0.2) is 9.37 Å². The number of aliphatic hydroxyl groups excluding tert-OH is 1. The van der Waals surface area contributed by atoms with E-state index in [1.807, 2.05) is 0 Å². The van der Waals surface area contributed by atoms with Crippen LogP contribution in [0.1, 0.15) is 41.6 Å². The first-order valence-electron chi connectivity index (χ1n) is 9.93. The maximum Gasteiger partial charge on any atom is 0.314 e. The van der Waals surface area contributed by atoms with Gasteiger partial charge >= 0.3 is 5.92 Å². The number of nitrogens with one attached hydrogen (secondary N) is 1. The third-order valence-electron chi connectivity index (χ3n) is 5.93. The molecular formula is C22H21ClF3N3O2. The molecule has 2 aliphatic heterocycles. The van der Waals surface area contributed by atoms with E-state index in [0.29, 0.717) is 31.4 Å². The predicted molar refractivity (Wildman–Crippen MR) is 111 cm³/mol. The number of halogens is 4. The molecule has 3 atom stereocenters. The summed E-state index contributed by atoms with van der Waals surface area (Å²) in [5.74, 6) is -5.53. The fourth-order valence-corrected chi connectivity index (χ4v) is 4.67. The van der Waals surface area contributed by atoms with Crippen molar-refractivity contribution in [2.24, 2.45) is 0 Å². The van der Waals surface area contributed by atoms with Gasteiger partial charge in [0.2, 0.25) is 0 Å². The van der Waals surface area contributed by atoms with Crippen molar-refractivity contribution in [3.8, 4) is 0 Å². The minimum absolute atomic E-state index is 0.131. The number of hydrogen-bond acceptors (Lipinski definition) is 4. The molecule has 31 heavy (non-hydrogen) atoms. The molecule has 2 saturated heterocycles. The molecule has 1 aromatic carbocycles. The van der Waals surface area contributed by atoms with Crippen molar-refractivity contribution < 1.29 is 23.1 Å². The van der Waals surface area contributed by atoms with Crippen LogP contribution in [-0.4, -0.2) is 39.1 Å². The second-order valence-corrected chi connectivity index (χ2v) is 8.34. The molecule has 4 rings (SSSR count). The average Bonchev–Trinajstić information content (AvgIpc) is 2.98. The van der Waals surface area contributed by atoms with Crippen molar-refractivity contribution in [3.05, 3.63) is 70.9 Å². The van der Waals surface area contributed by atoms with E-state index in [0.717, 1.165) is 18.2 Å². The summed E-state index contributed by atoms with van der Waals surface area (Å²) in [5, 5.41) is 12.6. The zero-order valence-electron chi connectivity index (χ0n) is 16.5. The van der Waals surface area contributed by atoms with Gasteiger partial charge in [-0.1, -0.05) is 18.2 Å². The zero-order valence-corrected chi connectivity index (χ0v) is 17.2. The summed E-state index contributed by atoms with van der Waals surface area (Å²) in [5.41, 5.74) is -1.22. The lowest BCUT2D eigenvalue weighted by atomic mass is 9.95. The zero-order chi connectivity index (χ0) is 22.3. The normalized spacial score (nSPS) is 23.0. The fourth-order valence-electron chi connectivity index (χ4n) is 4.50. The second kappa shape index (κ2) is 8.16. The Bertz CT molecular complexity index is 1020. The number of aliphatic hydroxyl groups is 1. The van der Waals surface area contributed by atoms with Crippen molar-refractivity contribution in [2.75, 3.05) is 5.32 Å². The molecule has 1 unspecified atom stereocenters. The molecule has 164 valence electrons. The molecule has 1 aromatic heterocycles. The molecule has 1 amide bonds. The number of carbonyl (C=O) groups excluding carboxylic acids is 1. The Hall–Kier alpha value is -2.58. The number of amides is 1. The first-order valence-corrected chi connectivity index (χ1v) is 10.3. The van der Waals surface area contributed by atoms with Crippen LogP contribution in [0.25, 0.3) is 0 Å². The topological polar surface area (TPSA) is 65.5 Å². The van der Waals surface area contributed by atoms with Gasteiger partial charge < -0.3 is 15.3 Å². The molecule has 0 aliphatic carbocycles. The Morgan fingerprint density at radius 2 is 1.90 bits per heavy atom. The fraction of sp³-hybridized carbons (Fsp3) is 0.364. The van der Waals surface area contributed by atoms with Gasteiger partial charge in [0.25, 0.3) is 5.91 Å². The first-order chi connectivity index (χ1) is 14.7. The molecule has 9 heteroatoms. The maximum absolute atomic E-state index is 15.4. The van der Waals surface area contributed by atoms with Crippen LogP contribution >= 0.6 is 11.6 Å². The summed E-state index contributed by atoms with van der Waals surface area (Å²) in [6, 6.07) is 5.22. The number of rotatable bonds is 5. The van der Waals surface area contributed by atoms with Crippen molar-refractivity contribution in [2.45, 2.75) is 49.8 Å². The van der Waals surface area contributed by atoms with Crippen LogP contribution in [0.4, 0.5) is 18.9 Å². The van der Waals surface area contributed by atoms with E-state index in [2.05, 4.69) is 16.9 Å². The number of aromatic nitrogens is 1. The number of alkyl halides is 2. The highest BCUT2D eigenvalue weighted by Crippen LogP contribution is 2.46. The second-order valence-electron chi connectivity index (χ2n) is 7.95. The molecule has 0 saturated carbocycles. The third kappa shape index (κ3) is 4.14. The van der Waals surface area contributed by atoms with E-state index in [4.69, 9.17) is 11.6 Å². The van der Waals surface area contributed by atoms with Crippen LogP contribution < -0.4 is 5.32 Å². The van der Waals surface area contributed by atoms with Gasteiger partial charge in [0.05, 0.1) is 17.4 Å². The molecule has 3 heterocycles. The van der Waals surface area contributed by atoms with Crippen LogP contribution in [0.2, 0.25) is 5.15 Å². The quantitative estimate of drug-likeness (QED) is 0.646. The highest BCUT2D eigenvalue weighted by atomic mass is 35.5. The van der Waals surface area contributed by atoms with Crippen molar-refractivity contribution in [3.63, 3.8) is 0 Å². The summed E-state index contributed by atoms with van der Waals surface area (Å²) < 4.78 is 45.2. The third-order valence-corrected chi connectivity index (χ3v) is 6.14. The van der Waals surface area contributed by atoms with Crippen molar-refractivity contribution in [1.82, 2.24) is 9.88 Å². The monoisotopic (exact) mass is 451 g/mol. The number of nitrogens with zero attached hydrogens (tertiary/aromatic N) is 2. The highest BCUT2D eigenvalue weighted by Gasteiger charge is 2.49. The van der Waals surface area contributed by atoms with Gasteiger partial charge in [-0.05, 0) is 56.0 Å². The Morgan fingerprint density at radius 1 is 1.23 bits per heavy atom. The number of allylic oxidation sites excluding steroid dienone is 1. The average molecular weight is 452 g/mol. The number of anilines is 1. The molecule has 2 fully saturated rings. The molecule has 2 bridgehead atoms. The maximum atomic E-state index is 15.4. The summed E-state index contributed by atoms with van der Waals surface area (Å²) >= 11 is 5.79. The molecule has 0 radical (unpaired) electrons. The Balaban J connectivity index is 1.60. The minimum Gasteiger partial charge on any atom is -0.393 e. The number of pyridine rings is 1. The lowest BCUT2D eigenvalue weighted by Crippen LogP contribution is -2.47.